The topological polar surface area (TPSA) is 25.8 Å². The molecular formula is C30H40N2S2SeSi. The molecule has 2 atom stereocenters. The number of hydrogen-bond acceptors (Lipinski definition) is 4. The minimum atomic E-state index is -1.86. The van der Waals surface area contributed by atoms with Crippen LogP contribution >= 0.6 is 22.7 Å². The second-order valence-electron chi connectivity index (χ2n) is 10.8. The van der Waals surface area contributed by atoms with Crippen molar-refractivity contribution in [2.45, 2.75) is 91.1 Å². The Labute approximate surface area is 232 Å². The molecule has 4 aromatic rings. The van der Waals surface area contributed by atoms with Crippen molar-refractivity contribution < 1.29 is 0 Å². The van der Waals surface area contributed by atoms with Crippen LogP contribution in [0.5, 0.6) is 0 Å². The average molecular weight is 600 g/mol. The van der Waals surface area contributed by atoms with Crippen molar-refractivity contribution in [1.82, 2.24) is 7.96 Å². The number of thiophene rings is 2. The molecule has 192 valence electrons. The van der Waals surface area contributed by atoms with Crippen LogP contribution in [0.4, 0.5) is 0 Å². The summed E-state index contributed by atoms with van der Waals surface area (Å²) >= 11 is 4.06. The van der Waals surface area contributed by atoms with E-state index in [4.69, 9.17) is 3.98 Å². The fraction of sp³-hybridized carbons (Fsp3) is 0.533. The van der Waals surface area contributed by atoms with Crippen molar-refractivity contribution in [3.8, 4) is 20.2 Å². The third kappa shape index (κ3) is 4.89. The Balaban J connectivity index is 1.63. The zero-order valence-electron chi connectivity index (χ0n) is 22.3. The van der Waals surface area contributed by atoms with E-state index in [9.17, 15) is 0 Å². The minimum absolute atomic E-state index is 0.0130. The first-order chi connectivity index (χ1) is 17.6. The van der Waals surface area contributed by atoms with Gasteiger partial charge in [-0.25, -0.2) is 0 Å². The van der Waals surface area contributed by atoms with Gasteiger partial charge < -0.3 is 0 Å². The van der Waals surface area contributed by atoms with Gasteiger partial charge in [-0.05, 0) is 0 Å². The number of benzene rings is 1. The Morgan fingerprint density at radius 1 is 0.861 bits per heavy atom. The molecule has 0 aliphatic carbocycles. The van der Waals surface area contributed by atoms with Crippen LogP contribution in [0.3, 0.4) is 0 Å². The molecule has 2 nitrogen and oxygen atoms in total. The van der Waals surface area contributed by atoms with Gasteiger partial charge in [0.1, 0.15) is 0 Å². The predicted octanol–water partition coefficient (Wildman–Crippen LogP) is 8.45. The van der Waals surface area contributed by atoms with E-state index < -0.39 is 8.07 Å². The molecule has 0 saturated carbocycles. The van der Waals surface area contributed by atoms with Gasteiger partial charge in [0, 0.05) is 0 Å². The van der Waals surface area contributed by atoms with Crippen LogP contribution < -0.4 is 10.4 Å². The van der Waals surface area contributed by atoms with Gasteiger partial charge >= 0.3 is 220 Å². The Morgan fingerprint density at radius 3 is 2.25 bits per heavy atom. The monoisotopic (exact) mass is 600 g/mol. The second-order valence-corrected chi connectivity index (χ2v) is 17.9. The quantitative estimate of drug-likeness (QED) is 0.144. The van der Waals surface area contributed by atoms with Crippen molar-refractivity contribution >= 4 is 67.1 Å². The summed E-state index contributed by atoms with van der Waals surface area (Å²) in [7, 11) is -1.86. The fourth-order valence-corrected chi connectivity index (χ4v) is 17.8. The van der Waals surface area contributed by atoms with E-state index in [1.807, 2.05) is 22.7 Å². The molecule has 0 saturated heterocycles. The van der Waals surface area contributed by atoms with Gasteiger partial charge in [0.15, 0.2) is 0 Å². The summed E-state index contributed by atoms with van der Waals surface area (Å²) in [6, 6.07) is 14.7. The van der Waals surface area contributed by atoms with Crippen molar-refractivity contribution in [2.75, 3.05) is 0 Å². The molecule has 3 aromatic heterocycles. The standard InChI is InChI=1S/C30H40N2S2SeSi/c1-5-9-12-21(7-3)19-36(20-22(8-4)13-10-6-2)26-16-17-33-29(26)30-27(36)18-25(34-30)23-14-11-15-24-28(23)32-35-31-24/h11,14-18,21-22H,5-10,12-13,19-20H2,1-4H3. The van der Waals surface area contributed by atoms with E-state index in [1.54, 1.807) is 20.1 Å². The number of nitrogens with zero attached hydrogens (tertiary/aromatic N) is 2. The molecule has 1 aliphatic heterocycles. The normalized spacial score (nSPS) is 18.4. The van der Waals surface area contributed by atoms with Crippen molar-refractivity contribution in [3.05, 3.63) is 35.7 Å². The van der Waals surface area contributed by atoms with Crippen LogP contribution in [-0.4, -0.2) is 31.0 Å². The van der Waals surface area contributed by atoms with Gasteiger partial charge in [0.25, 0.3) is 0 Å². The molecule has 5 rings (SSSR count). The molecule has 0 N–H and O–H groups in total. The molecule has 36 heavy (non-hydrogen) atoms. The molecule has 1 aromatic carbocycles. The molecule has 0 fully saturated rings. The Hall–Kier alpha value is -1.04. The van der Waals surface area contributed by atoms with Crippen LogP contribution in [0.1, 0.15) is 79.1 Å². The van der Waals surface area contributed by atoms with Gasteiger partial charge in [0.05, 0.1) is 0 Å². The van der Waals surface area contributed by atoms with Gasteiger partial charge in [-0.15, -0.1) is 0 Å². The Kier molecular flexibility index (Phi) is 8.69. The van der Waals surface area contributed by atoms with Gasteiger partial charge in [-0.2, -0.15) is 0 Å². The maximum absolute atomic E-state index is 4.84. The van der Waals surface area contributed by atoms with Crippen molar-refractivity contribution in [1.29, 1.82) is 0 Å². The Bertz CT molecular complexity index is 1270. The second kappa shape index (κ2) is 11.8. The molecule has 4 heterocycles. The molecule has 2 unspecified atom stereocenters. The molecule has 0 spiro atoms. The van der Waals surface area contributed by atoms with Crippen LogP contribution in [0.25, 0.3) is 31.2 Å². The van der Waals surface area contributed by atoms with Crippen molar-refractivity contribution in [3.63, 3.8) is 0 Å². The molecule has 6 heteroatoms. The summed E-state index contributed by atoms with van der Waals surface area (Å²) in [6.07, 6.45) is 10.8. The van der Waals surface area contributed by atoms with E-state index in [-0.39, 0.29) is 15.0 Å². The first-order valence-electron chi connectivity index (χ1n) is 14.1. The van der Waals surface area contributed by atoms with Crippen LogP contribution in [0, 0.1) is 11.8 Å². The summed E-state index contributed by atoms with van der Waals surface area (Å²) in [5, 5.41) is 5.95. The van der Waals surface area contributed by atoms with Gasteiger partial charge in [-0.1, -0.05) is 13.8 Å². The van der Waals surface area contributed by atoms with Crippen LogP contribution in [-0.2, 0) is 0 Å². The zero-order valence-corrected chi connectivity index (χ0v) is 26.7. The number of fused-ring (bicyclic) bond motifs is 4. The van der Waals surface area contributed by atoms with Gasteiger partial charge in [0.2, 0.25) is 0 Å². The first kappa shape index (κ1) is 26.6. The number of aromatic nitrogens is 2. The number of rotatable bonds is 13. The summed E-state index contributed by atoms with van der Waals surface area (Å²) in [4.78, 5) is 4.64. The van der Waals surface area contributed by atoms with E-state index in [2.05, 4.69) is 67.4 Å². The van der Waals surface area contributed by atoms with Crippen LogP contribution in [0.2, 0.25) is 12.1 Å². The van der Waals surface area contributed by atoms with E-state index in [1.165, 1.54) is 73.9 Å². The van der Waals surface area contributed by atoms with E-state index in [0.717, 1.165) is 22.9 Å². The third-order valence-electron chi connectivity index (χ3n) is 8.55. The predicted molar refractivity (Wildman–Crippen MR) is 164 cm³/mol. The van der Waals surface area contributed by atoms with E-state index >= 15 is 0 Å². The summed E-state index contributed by atoms with van der Waals surface area (Å²) in [6.45, 7) is 9.59. The SMILES string of the molecule is CCCCC(CC)C[Si]1(CC(CC)CCCC)c2ccsc2-c2sc(-c3cccc4n[se]nc34)cc21. The molecule has 1 aliphatic rings. The summed E-state index contributed by atoms with van der Waals surface area (Å²) < 4.78 is 9.51. The summed E-state index contributed by atoms with van der Waals surface area (Å²) in [5.74, 6) is 1.69. The maximum atomic E-state index is 4.84. The van der Waals surface area contributed by atoms with Gasteiger partial charge in [-0.3, -0.25) is 0 Å². The molecule has 0 bridgehead atoms. The zero-order chi connectivity index (χ0) is 25.1. The molecule has 0 amide bonds. The first-order valence-corrected chi connectivity index (χ1v) is 19.7. The third-order valence-corrected chi connectivity index (χ3v) is 17.7. The Morgan fingerprint density at radius 2 is 1.58 bits per heavy atom. The average Bonchev–Trinajstić information content (AvgIpc) is 3.68. The summed E-state index contributed by atoms with van der Waals surface area (Å²) in [5.41, 5.74) is 3.55. The van der Waals surface area contributed by atoms with Crippen molar-refractivity contribution in [2.24, 2.45) is 11.8 Å². The molecular weight excluding hydrogens is 560 g/mol. The molecule has 0 radical (unpaired) electrons. The van der Waals surface area contributed by atoms with Crippen LogP contribution in [0.15, 0.2) is 35.7 Å². The number of hydrogen-bond donors (Lipinski definition) is 0. The van der Waals surface area contributed by atoms with E-state index in [0.29, 0.717) is 0 Å². The fourth-order valence-electron chi connectivity index (χ4n) is 6.46. The number of unbranched alkanes of at least 4 members (excludes halogenated alkanes) is 2.